The van der Waals surface area contributed by atoms with Gasteiger partial charge in [-0.15, -0.1) is 0 Å². The Kier molecular flexibility index (Phi) is 8.15. The molecule has 0 unspecified atom stereocenters. The maximum Gasteiger partial charge on any atom is 0.279 e. The van der Waals surface area contributed by atoms with Crippen molar-refractivity contribution >= 4 is 16.1 Å². The number of hydrogen-bond donors (Lipinski definition) is 1. The molecule has 1 aromatic rings. The molecular weight excluding hydrogens is 476 g/mol. The van der Waals surface area contributed by atoms with Gasteiger partial charge in [-0.05, 0) is 80.9 Å². The molecule has 1 amide bonds. The lowest BCUT2D eigenvalue weighted by Gasteiger charge is -2.43. The molecule has 1 saturated heterocycles. The van der Waals surface area contributed by atoms with Crippen LogP contribution in [-0.4, -0.2) is 75.1 Å². The highest BCUT2D eigenvalue weighted by molar-refractivity contribution is 7.87. The number of alkyl halides is 1. The highest BCUT2D eigenvalue weighted by atomic mass is 32.2. The summed E-state index contributed by atoms with van der Waals surface area (Å²) in [6.07, 6.45) is 4.76. The van der Waals surface area contributed by atoms with Crippen molar-refractivity contribution in [1.82, 2.24) is 13.9 Å². The van der Waals surface area contributed by atoms with Crippen LogP contribution in [0.5, 0.6) is 0 Å². The van der Waals surface area contributed by atoms with E-state index in [-0.39, 0.29) is 25.2 Å². The number of nitrogens with one attached hydrogen (secondary N) is 1. The Bertz CT molecular complexity index is 994. The third kappa shape index (κ3) is 6.21. The summed E-state index contributed by atoms with van der Waals surface area (Å²) in [6.45, 7) is 0.914. The molecule has 0 spiro atoms. The fourth-order valence-electron chi connectivity index (χ4n) is 5.37. The highest BCUT2D eigenvalue weighted by Crippen LogP contribution is 2.39. The zero-order valence-electron chi connectivity index (χ0n) is 20.6. The van der Waals surface area contributed by atoms with E-state index < -0.39 is 33.9 Å². The molecule has 1 heterocycles. The Morgan fingerprint density at radius 3 is 2.51 bits per heavy atom. The fraction of sp³-hybridized carbons (Fsp3) is 0.720. The molecule has 3 aliphatic rings. The van der Waals surface area contributed by atoms with E-state index in [4.69, 9.17) is 4.74 Å². The molecule has 1 aromatic carbocycles. The van der Waals surface area contributed by atoms with Crippen molar-refractivity contribution in [3.8, 4) is 0 Å². The van der Waals surface area contributed by atoms with Crippen LogP contribution < -0.4 is 4.72 Å². The van der Waals surface area contributed by atoms with Crippen LogP contribution in [0.15, 0.2) is 24.3 Å². The van der Waals surface area contributed by atoms with E-state index in [2.05, 4.69) is 4.72 Å². The molecule has 4 rings (SSSR count). The van der Waals surface area contributed by atoms with Gasteiger partial charge in [0.05, 0.1) is 12.1 Å². The van der Waals surface area contributed by atoms with Crippen LogP contribution in [0.1, 0.15) is 62.8 Å². The molecule has 0 aromatic heterocycles. The minimum absolute atomic E-state index is 0.170. The molecule has 10 heteroatoms. The standard InChI is InChI=1S/C25H37F2N3O4S/c1-29(2)35(32,33)28-22-11-14-30(24(31)25(27)12-4-13-25)16-23(22)34-17-18-7-9-19(10-8-18)20-5-3-6-21(26)15-20/h3,5-6,15,18-19,22-23,28H,4,7-14,16-17H2,1-2H3/t18?,19?,22-,23+/m0/s1. The van der Waals surface area contributed by atoms with Crippen molar-refractivity contribution in [2.75, 3.05) is 33.8 Å². The SMILES string of the molecule is CN(C)S(=O)(=O)N[C@H]1CCN(C(=O)C2(F)CCC2)C[C@H]1OCC1CCC(c2cccc(F)c2)CC1. The van der Waals surface area contributed by atoms with E-state index in [9.17, 15) is 22.0 Å². The second-order valence-corrected chi connectivity index (χ2v) is 12.4. The molecule has 1 N–H and O–H groups in total. The quantitative estimate of drug-likeness (QED) is 0.578. The Morgan fingerprint density at radius 2 is 1.91 bits per heavy atom. The van der Waals surface area contributed by atoms with Gasteiger partial charge >= 0.3 is 0 Å². The average molecular weight is 514 g/mol. The molecule has 1 aliphatic heterocycles. The maximum absolute atomic E-state index is 14.8. The van der Waals surface area contributed by atoms with Gasteiger partial charge in [0.2, 0.25) is 0 Å². The van der Waals surface area contributed by atoms with Crippen molar-refractivity contribution in [2.45, 2.75) is 75.1 Å². The first-order valence-electron chi connectivity index (χ1n) is 12.6. The number of carbonyl (C=O) groups excluding carboxylic acids is 1. The normalized spacial score (nSPS) is 29.1. The van der Waals surface area contributed by atoms with Gasteiger partial charge in [0.15, 0.2) is 5.67 Å². The Labute approximate surface area is 207 Å². The van der Waals surface area contributed by atoms with E-state index in [1.54, 1.807) is 12.1 Å². The molecule has 2 atom stereocenters. The van der Waals surface area contributed by atoms with Crippen molar-refractivity contribution in [2.24, 2.45) is 5.92 Å². The maximum atomic E-state index is 14.8. The summed E-state index contributed by atoms with van der Waals surface area (Å²) in [4.78, 5) is 14.3. The number of halogens is 2. The smallest absolute Gasteiger partial charge is 0.279 e. The van der Waals surface area contributed by atoms with Crippen LogP contribution in [-0.2, 0) is 19.7 Å². The highest BCUT2D eigenvalue weighted by Gasteiger charge is 2.48. The Morgan fingerprint density at radius 1 is 1.20 bits per heavy atom. The first kappa shape index (κ1) is 26.4. The third-order valence-corrected chi connectivity index (χ3v) is 9.43. The van der Waals surface area contributed by atoms with Crippen molar-refractivity contribution in [1.29, 1.82) is 0 Å². The van der Waals surface area contributed by atoms with Gasteiger partial charge in [-0.3, -0.25) is 4.79 Å². The lowest BCUT2D eigenvalue weighted by molar-refractivity contribution is -0.155. The molecule has 2 aliphatic carbocycles. The molecule has 35 heavy (non-hydrogen) atoms. The van der Waals surface area contributed by atoms with E-state index in [1.165, 1.54) is 25.1 Å². The minimum Gasteiger partial charge on any atom is -0.374 e. The number of carbonyl (C=O) groups is 1. The molecule has 196 valence electrons. The average Bonchev–Trinajstić information content (AvgIpc) is 2.81. The lowest BCUT2D eigenvalue weighted by Crippen LogP contribution is -2.61. The summed E-state index contributed by atoms with van der Waals surface area (Å²) in [6, 6.07) is 6.29. The van der Waals surface area contributed by atoms with Gasteiger partial charge < -0.3 is 9.64 Å². The molecular formula is C25H37F2N3O4S. The molecule has 0 bridgehead atoms. The van der Waals surface area contributed by atoms with Gasteiger partial charge in [0.25, 0.3) is 16.1 Å². The summed E-state index contributed by atoms with van der Waals surface area (Å²) in [7, 11) is -0.768. The van der Waals surface area contributed by atoms with Crippen molar-refractivity contribution in [3.05, 3.63) is 35.6 Å². The van der Waals surface area contributed by atoms with Crippen molar-refractivity contribution < 1.29 is 26.7 Å². The molecule has 3 fully saturated rings. The van der Waals surface area contributed by atoms with Crippen LogP contribution in [0.2, 0.25) is 0 Å². The van der Waals surface area contributed by atoms with Crippen LogP contribution in [0.25, 0.3) is 0 Å². The lowest BCUT2D eigenvalue weighted by atomic mass is 9.79. The van der Waals surface area contributed by atoms with E-state index in [0.29, 0.717) is 37.8 Å². The monoisotopic (exact) mass is 513 g/mol. The number of rotatable bonds is 8. The van der Waals surface area contributed by atoms with Gasteiger partial charge in [0, 0.05) is 33.8 Å². The number of amides is 1. The fourth-order valence-corrected chi connectivity index (χ4v) is 6.23. The number of likely N-dealkylation sites (tertiary alicyclic amines) is 1. The van der Waals surface area contributed by atoms with Crippen LogP contribution >= 0.6 is 0 Å². The van der Waals surface area contributed by atoms with E-state index in [0.717, 1.165) is 35.6 Å². The van der Waals surface area contributed by atoms with Gasteiger partial charge in [-0.25, -0.2) is 8.78 Å². The molecule has 2 saturated carbocycles. The van der Waals surface area contributed by atoms with Crippen LogP contribution in [0, 0.1) is 11.7 Å². The third-order valence-electron chi connectivity index (χ3n) is 7.87. The second-order valence-electron chi connectivity index (χ2n) is 10.5. The number of ether oxygens (including phenoxy) is 1. The largest absolute Gasteiger partial charge is 0.374 e. The first-order valence-corrected chi connectivity index (χ1v) is 14.1. The van der Waals surface area contributed by atoms with Crippen LogP contribution in [0.3, 0.4) is 0 Å². The number of benzene rings is 1. The van der Waals surface area contributed by atoms with Crippen molar-refractivity contribution in [3.63, 3.8) is 0 Å². The Balaban J connectivity index is 1.36. The molecule has 0 radical (unpaired) electrons. The summed E-state index contributed by atoms with van der Waals surface area (Å²) in [5.41, 5.74) is -0.754. The zero-order valence-corrected chi connectivity index (χ0v) is 21.4. The second kappa shape index (κ2) is 10.8. The Hall–Kier alpha value is -1.62. The predicted molar refractivity (Wildman–Crippen MR) is 129 cm³/mol. The summed E-state index contributed by atoms with van der Waals surface area (Å²) < 4.78 is 63.4. The number of hydrogen-bond acceptors (Lipinski definition) is 4. The zero-order chi connectivity index (χ0) is 25.2. The summed E-state index contributed by atoms with van der Waals surface area (Å²) in [5.74, 6) is -0.0850. The van der Waals surface area contributed by atoms with Crippen LogP contribution in [0.4, 0.5) is 8.78 Å². The number of nitrogens with zero attached hydrogens (tertiary/aromatic N) is 2. The number of piperidine rings is 1. The van der Waals surface area contributed by atoms with Gasteiger partial charge in [-0.1, -0.05) is 12.1 Å². The minimum atomic E-state index is -3.68. The van der Waals surface area contributed by atoms with Gasteiger partial charge in [0.1, 0.15) is 5.82 Å². The predicted octanol–water partition coefficient (Wildman–Crippen LogP) is 3.37. The van der Waals surface area contributed by atoms with E-state index >= 15 is 0 Å². The van der Waals surface area contributed by atoms with E-state index in [1.807, 2.05) is 6.07 Å². The summed E-state index contributed by atoms with van der Waals surface area (Å²) in [5, 5.41) is 0. The summed E-state index contributed by atoms with van der Waals surface area (Å²) >= 11 is 0. The molecule has 7 nitrogen and oxygen atoms in total. The van der Waals surface area contributed by atoms with Gasteiger partial charge in [-0.2, -0.15) is 17.4 Å². The topological polar surface area (TPSA) is 79.0 Å². The first-order chi connectivity index (χ1) is 16.6.